The Morgan fingerprint density at radius 3 is 2.48 bits per heavy atom. The first-order valence-electron chi connectivity index (χ1n) is 6.91. The van der Waals surface area contributed by atoms with Crippen molar-refractivity contribution in [2.24, 2.45) is 5.92 Å². The molecule has 0 aliphatic carbocycles. The summed E-state index contributed by atoms with van der Waals surface area (Å²) in [6, 6.07) is 8.20. The Balaban J connectivity index is 2.35. The summed E-state index contributed by atoms with van der Waals surface area (Å²) in [6.45, 7) is 7.99. The van der Waals surface area contributed by atoms with E-state index in [1.807, 2.05) is 44.2 Å². The van der Waals surface area contributed by atoms with E-state index >= 15 is 0 Å². The molecule has 1 aliphatic rings. The summed E-state index contributed by atoms with van der Waals surface area (Å²) >= 11 is 3.29. The van der Waals surface area contributed by atoms with Gasteiger partial charge in [-0.05, 0) is 11.5 Å². The highest BCUT2D eigenvalue weighted by molar-refractivity contribution is 9.11. The Labute approximate surface area is 133 Å². The van der Waals surface area contributed by atoms with Crippen molar-refractivity contribution in [3.05, 3.63) is 47.0 Å². The van der Waals surface area contributed by atoms with E-state index in [4.69, 9.17) is 0 Å². The average molecular weight is 351 g/mol. The van der Waals surface area contributed by atoms with Crippen molar-refractivity contribution >= 4 is 27.7 Å². The number of carbonyl (C=O) groups excluding carboxylic acids is 2. The fraction of sp³-hybridized carbons (Fsp3) is 0.375. The number of hydrogen-bond acceptors (Lipinski definition) is 2. The molecule has 2 atom stereocenters. The van der Waals surface area contributed by atoms with Crippen LogP contribution < -0.4 is 5.32 Å². The molecule has 4 nitrogen and oxygen atoms in total. The summed E-state index contributed by atoms with van der Waals surface area (Å²) in [7, 11) is 0. The standard InChI is InChI=1S/C16H19BrN2O2/c1-10(2)14-15(20)18-13(12-7-5-4-6-8-12)16(21)19(14)9-11(3)17/h4-8,10,13-14H,3,9H2,1-2H3,(H,18,20). The molecule has 5 heteroatoms. The van der Waals surface area contributed by atoms with Crippen molar-refractivity contribution in [1.82, 2.24) is 10.2 Å². The molecule has 0 spiro atoms. The molecule has 2 amide bonds. The molecule has 2 rings (SSSR count). The highest BCUT2D eigenvalue weighted by atomic mass is 79.9. The summed E-state index contributed by atoms with van der Waals surface area (Å²) in [6.07, 6.45) is 0. The first kappa shape index (κ1) is 15.8. The third-order valence-electron chi connectivity index (χ3n) is 3.53. The van der Waals surface area contributed by atoms with Gasteiger partial charge in [-0.2, -0.15) is 0 Å². The summed E-state index contributed by atoms with van der Waals surface area (Å²) < 4.78 is 0.683. The third kappa shape index (κ3) is 3.35. The van der Waals surface area contributed by atoms with Crippen molar-refractivity contribution in [2.45, 2.75) is 25.9 Å². The molecule has 0 saturated carbocycles. The van der Waals surface area contributed by atoms with Gasteiger partial charge in [0.05, 0.1) is 6.54 Å². The van der Waals surface area contributed by atoms with Crippen molar-refractivity contribution < 1.29 is 9.59 Å². The molecule has 1 N–H and O–H groups in total. The van der Waals surface area contributed by atoms with Crippen LogP contribution in [0.2, 0.25) is 0 Å². The van der Waals surface area contributed by atoms with Gasteiger partial charge in [0.1, 0.15) is 12.1 Å². The molecule has 1 aromatic rings. The topological polar surface area (TPSA) is 49.4 Å². The predicted molar refractivity (Wildman–Crippen MR) is 85.7 cm³/mol. The molecule has 21 heavy (non-hydrogen) atoms. The Kier molecular flexibility index (Phi) is 4.83. The van der Waals surface area contributed by atoms with Gasteiger partial charge in [-0.25, -0.2) is 0 Å². The van der Waals surface area contributed by atoms with E-state index in [1.54, 1.807) is 4.90 Å². The lowest BCUT2D eigenvalue weighted by Gasteiger charge is -2.40. The normalized spacial score (nSPS) is 22.4. The quantitative estimate of drug-likeness (QED) is 0.907. The smallest absolute Gasteiger partial charge is 0.250 e. The Morgan fingerprint density at radius 2 is 1.95 bits per heavy atom. The largest absolute Gasteiger partial charge is 0.339 e. The van der Waals surface area contributed by atoms with E-state index in [0.717, 1.165) is 5.56 Å². The van der Waals surface area contributed by atoms with Crippen molar-refractivity contribution in [2.75, 3.05) is 6.54 Å². The van der Waals surface area contributed by atoms with E-state index in [9.17, 15) is 9.59 Å². The van der Waals surface area contributed by atoms with Crippen molar-refractivity contribution in [3.63, 3.8) is 0 Å². The Morgan fingerprint density at radius 1 is 1.33 bits per heavy atom. The Hall–Kier alpha value is -1.62. The highest BCUT2D eigenvalue weighted by Gasteiger charge is 2.42. The van der Waals surface area contributed by atoms with Gasteiger partial charge in [-0.15, -0.1) is 0 Å². The van der Waals surface area contributed by atoms with E-state index in [1.165, 1.54) is 0 Å². The van der Waals surface area contributed by atoms with Crippen molar-refractivity contribution in [3.8, 4) is 0 Å². The first-order valence-corrected chi connectivity index (χ1v) is 7.70. The molecular formula is C16H19BrN2O2. The van der Waals surface area contributed by atoms with Crippen LogP contribution in [-0.4, -0.2) is 29.3 Å². The maximum Gasteiger partial charge on any atom is 0.250 e. The van der Waals surface area contributed by atoms with Gasteiger partial charge >= 0.3 is 0 Å². The van der Waals surface area contributed by atoms with Crippen LogP contribution in [0.4, 0.5) is 0 Å². The lowest BCUT2D eigenvalue weighted by molar-refractivity contribution is -0.150. The van der Waals surface area contributed by atoms with Crippen LogP contribution in [0.5, 0.6) is 0 Å². The number of piperazine rings is 1. The zero-order valence-electron chi connectivity index (χ0n) is 12.2. The summed E-state index contributed by atoms with van der Waals surface area (Å²) in [5.74, 6) is -0.176. The molecular weight excluding hydrogens is 332 g/mol. The highest BCUT2D eigenvalue weighted by Crippen LogP contribution is 2.26. The predicted octanol–water partition coefficient (Wildman–Crippen LogP) is 2.62. The van der Waals surface area contributed by atoms with Gasteiger partial charge in [0.2, 0.25) is 5.91 Å². The van der Waals surface area contributed by atoms with Gasteiger partial charge < -0.3 is 10.2 Å². The minimum absolute atomic E-state index is 0.0394. The fourth-order valence-corrected chi connectivity index (χ4v) is 2.90. The summed E-state index contributed by atoms with van der Waals surface area (Å²) in [4.78, 5) is 26.8. The second-order valence-corrected chi connectivity index (χ2v) is 6.65. The number of carbonyl (C=O) groups is 2. The second-order valence-electron chi connectivity index (χ2n) is 5.52. The van der Waals surface area contributed by atoms with Crippen LogP contribution in [0.25, 0.3) is 0 Å². The molecule has 2 unspecified atom stereocenters. The number of hydrogen-bond donors (Lipinski definition) is 1. The van der Waals surface area contributed by atoms with Gasteiger partial charge in [0.25, 0.3) is 5.91 Å². The number of amides is 2. The fourth-order valence-electron chi connectivity index (χ4n) is 2.63. The number of nitrogens with zero attached hydrogens (tertiary/aromatic N) is 1. The van der Waals surface area contributed by atoms with Crippen LogP contribution in [0.3, 0.4) is 0 Å². The third-order valence-corrected chi connectivity index (χ3v) is 3.78. The average Bonchev–Trinajstić information content (AvgIpc) is 2.42. The van der Waals surface area contributed by atoms with Gasteiger partial charge in [0, 0.05) is 4.48 Å². The zero-order chi connectivity index (χ0) is 15.6. The molecule has 0 aromatic heterocycles. The number of halogens is 1. The molecule has 1 heterocycles. The number of nitrogens with one attached hydrogen (secondary N) is 1. The lowest BCUT2D eigenvalue weighted by atomic mass is 9.94. The van der Waals surface area contributed by atoms with Gasteiger partial charge in [-0.1, -0.05) is 66.7 Å². The first-order chi connectivity index (χ1) is 9.91. The van der Waals surface area contributed by atoms with E-state index in [-0.39, 0.29) is 17.7 Å². The number of rotatable bonds is 4. The van der Waals surface area contributed by atoms with Gasteiger partial charge in [0.15, 0.2) is 0 Å². The van der Waals surface area contributed by atoms with Crippen LogP contribution in [0, 0.1) is 5.92 Å². The molecule has 1 aromatic carbocycles. The van der Waals surface area contributed by atoms with Crippen LogP contribution in [0.1, 0.15) is 25.5 Å². The monoisotopic (exact) mass is 350 g/mol. The molecule has 0 radical (unpaired) electrons. The van der Waals surface area contributed by atoms with Crippen LogP contribution in [-0.2, 0) is 9.59 Å². The molecule has 112 valence electrons. The zero-order valence-corrected chi connectivity index (χ0v) is 13.8. The summed E-state index contributed by atoms with van der Waals surface area (Å²) in [5.41, 5.74) is 0.795. The Bertz CT molecular complexity index is 557. The molecule has 0 bridgehead atoms. The molecule has 1 fully saturated rings. The summed E-state index contributed by atoms with van der Waals surface area (Å²) in [5, 5.41) is 2.84. The van der Waals surface area contributed by atoms with Crippen LogP contribution in [0.15, 0.2) is 41.4 Å². The number of benzene rings is 1. The maximum atomic E-state index is 12.8. The maximum absolute atomic E-state index is 12.8. The minimum Gasteiger partial charge on any atom is -0.339 e. The van der Waals surface area contributed by atoms with E-state index < -0.39 is 12.1 Å². The molecule has 1 aliphatic heterocycles. The van der Waals surface area contributed by atoms with E-state index in [2.05, 4.69) is 27.8 Å². The van der Waals surface area contributed by atoms with Crippen molar-refractivity contribution in [1.29, 1.82) is 0 Å². The van der Waals surface area contributed by atoms with Gasteiger partial charge in [-0.3, -0.25) is 9.59 Å². The molecule has 1 saturated heterocycles. The second kappa shape index (κ2) is 6.43. The lowest BCUT2D eigenvalue weighted by Crippen LogP contribution is -2.61. The SMILES string of the molecule is C=C(Br)CN1C(=O)C(c2ccccc2)NC(=O)C1C(C)C. The minimum atomic E-state index is -0.624. The van der Waals surface area contributed by atoms with Crippen LogP contribution >= 0.6 is 15.9 Å². The van der Waals surface area contributed by atoms with E-state index in [0.29, 0.717) is 11.0 Å².